The Balaban J connectivity index is 0.000000511. The second kappa shape index (κ2) is 8.57. The molecule has 0 aliphatic rings. The highest BCUT2D eigenvalue weighted by Crippen LogP contribution is 2.36. The lowest BCUT2D eigenvalue weighted by molar-refractivity contribution is 0.111. The topological polar surface area (TPSA) is 87.2 Å². The average Bonchev–Trinajstić information content (AvgIpc) is 2.92. The highest BCUT2D eigenvalue weighted by Gasteiger charge is 2.19. The van der Waals surface area contributed by atoms with Crippen LogP contribution < -0.4 is 11.3 Å². The molecule has 0 atom stereocenters. The van der Waals surface area contributed by atoms with Gasteiger partial charge in [-0.3, -0.25) is 9.59 Å². The molecule has 0 aliphatic heterocycles. The van der Waals surface area contributed by atoms with Crippen LogP contribution in [0.3, 0.4) is 0 Å². The lowest BCUT2D eigenvalue weighted by Crippen LogP contribution is -2.23. The summed E-state index contributed by atoms with van der Waals surface area (Å²) in [6, 6.07) is 6.58. The lowest BCUT2D eigenvalue weighted by Gasteiger charge is -2.06. The van der Waals surface area contributed by atoms with Gasteiger partial charge in [-0.1, -0.05) is 11.6 Å². The van der Waals surface area contributed by atoms with Crippen LogP contribution in [0.1, 0.15) is 17.4 Å². The van der Waals surface area contributed by atoms with Crippen LogP contribution in [0.5, 0.6) is 0 Å². The van der Waals surface area contributed by atoms with Crippen molar-refractivity contribution in [3.63, 3.8) is 0 Å². The molecule has 0 saturated heterocycles. The van der Waals surface area contributed by atoms with Crippen molar-refractivity contribution in [2.24, 2.45) is 0 Å². The number of thiophene rings is 1. The summed E-state index contributed by atoms with van der Waals surface area (Å²) in [4.78, 5) is 23.8. The number of aromatic nitrogens is 2. The molecule has 0 spiro atoms. The Hall–Kier alpha value is -1.74. The second-order valence-electron chi connectivity index (χ2n) is 4.76. The van der Waals surface area contributed by atoms with E-state index < -0.39 is 0 Å². The van der Waals surface area contributed by atoms with Crippen molar-refractivity contribution >= 4 is 60.9 Å². The summed E-state index contributed by atoms with van der Waals surface area (Å²) < 4.78 is 6.31. The fraction of sp³-hybridized carbons (Fsp3) is 0.188. The fourth-order valence-electron chi connectivity index (χ4n) is 2.01. The molecule has 25 heavy (non-hydrogen) atoms. The number of benzene rings is 1. The molecule has 2 heterocycles. The summed E-state index contributed by atoms with van der Waals surface area (Å²) in [7, 11) is 1.68. The number of aldehydes is 1. The number of nitrogen functional groups attached to an aromatic ring is 1. The first kappa shape index (κ1) is 19.6. The van der Waals surface area contributed by atoms with Gasteiger partial charge in [-0.2, -0.15) is 9.78 Å². The van der Waals surface area contributed by atoms with Gasteiger partial charge in [0, 0.05) is 24.1 Å². The number of carbonyl (C=O) groups excluding carboxylic acids is 1. The quantitative estimate of drug-likeness (QED) is 0.619. The normalized spacial score (nSPS) is 10.4. The minimum absolute atomic E-state index is 0.152. The number of halogens is 2. The zero-order valence-corrected chi connectivity index (χ0v) is 16.6. The van der Waals surface area contributed by atoms with Crippen LogP contribution in [0.15, 0.2) is 32.8 Å². The van der Waals surface area contributed by atoms with Crippen molar-refractivity contribution in [3.8, 4) is 5.69 Å². The molecule has 0 radical (unpaired) electrons. The molecule has 0 bridgehead atoms. The third-order valence-corrected chi connectivity index (χ3v) is 5.18. The third-order valence-electron chi connectivity index (χ3n) is 3.23. The van der Waals surface area contributed by atoms with Gasteiger partial charge in [0.1, 0.15) is 10.7 Å². The molecule has 0 aliphatic carbocycles. The third kappa shape index (κ3) is 4.09. The van der Waals surface area contributed by atoms with Gasteiger partial charge in [0.2, 0.25) is 0 Å². The minimum Gasteiger partial charge on any atom is -0.390 e. The maximum absolute atomic E-state index is 12.6. The fourth-order valence-corrected chi connectivity index (χ4v) is 3.85. The Morgan fingerprint density at radius 2 is 1.96 bits per heavy atom. The molecule has 0 saturated carbocycles. The Morgan fingerprint density at radius 1 is 1.36 bits per heavy atom. The molecule has 2 N–H and O–H groups in total. The van der Waals surface area contributed by atoms with Gasteiger partial charge in [0.05, 0.1) is 14.9 Å². The van der Waals surface area contributed by atoms with E-state index in [2.05, 4.69) is 25.8 Å². The van der Waals surface area contributed by atoms with E-state index in [1.54, 1.807) is 31.4 Å². The van der Waals surface area contributed by atoms with Crippen LogP contribution in [0, 0.1) is 0 Å². The van der Waals surface area contributed by atoms with Crippen molar-refractivity contribution in [2.45, 2.75) is 6.92 Å². The van der Waals surface area contributed by atoms with Gasteiger partial charge in [-0.05, 0) is 47.1 Å². The Bertz CT molecular complexity index is 952. The first-order chi connectivity index (χ1) is 11.9. The van der Waals surface area contributed by atoms with Gasteiger partial charge in [-0.15, -0.1) is 11.3 Å². The van der Waals surface area contributed by atoms with E-state index in [0.717, 1.165) is 11.3 Å². The molecule has 132 valence electrons. The van der Waals surface area contributed by atoms with E-state index in [4.69, 9.17) is 17.3 Å². The van der Waals surface area contributed by atoms with Gasteiger partial charge in [-0.25, -0.2) is 0 Å². The number of rotatable bonds is 3. The van der Waals surface area contributed by atoms with Crippen LogP contribution in [0.2, 0.25) is 5.02 Å². The summed E-state index contributed by atoms with van der Waals surface area (Å²) in [5.41, 5.74) is 6.17. The highest BCUT2D eigenvalue weighted by atomic mass is 79.9. The summed E-state index contributed by atoms with van der Waals surface area (Å²) in [6.07, 6.45) is 0.602. The molecule has 3 rings (SSSR count). The van der Waals surface area contributed by atoms with Crippen molar-refractivity contribution < 1.29 is 9.53 Å². The number of nitrogens with zero attached hydrogens (tertiary/aromatic N) is 2. The second-order valence-corrected chi connectivity index (χ2v) is 7.57. The molecule has 3 aromatic rings. The number of carbonyl (C=O) groups is 1. The zero-order chi connectivity index (χ0) is 18.6. The van der Waals surface area contributed by atoms with Crippen molar-refractivity contribution in [2.75, 3.05) is 19.5 Å². The van der Waals surface area contributed by atoms with Gasteiger partial charge in [0.15, 0.2) is 6.29 Å². The number of hydrogen-bond acceptors (Lipinski definition) is 6. The van der Waals surface area contributed by atoms with Crippen LogP contribution in [0.4, 0.5) is 5.00 Å². The first-order valence-electron chi connectivity index (χ1n) is 7.15. The van der Waals surface area contributed by atoms with Gasteiger partial charge >= 0.3 is 0 Å². The number of nitrogens with two attached hydrogens (primary N) is 1. The number of hydrogen-bond donors (Lipinski definition) is 1. The lowest BCUT2D eigenvalue weighted by atomic mass is 10.2. The van der Waals surface area contributed by atoms with Crippen molar-refractivity contribution in [3.05, 3.63) is 49.1 Å². The summed E-state index contributed by atoms with van der Waals surface area (Å²) in [5.74, 6) is 0. The number of fused-ring (bicyclic) bond motifs is 1. The minimum atomic E-state index is -0.377. The smallest absolute Gasteiger partial charge is 0.282 e. The Kier molecular flexibility index (Phi) is 6.71. The molecule has 9 heteroatoms. The van der Waals surface area contributed by atoms with Gasteiger partial charge in [0.25, 0.3) is 5.56 Å². The molecule has 6 nitrogen and oxygen atoms in total. The Labute approximate surface area is 161 Å². The highest BCUT2D eigenvalue weighted by molar-refractivity contribution is 9.11. The van der Waals surface area contributed by atoms with Crippen molar-refractivity contribution in [1.82, 2.24) is 9.78 Å². The predicted molar refractivity (Wildman–Crippen MR) is 105 cm³/mol. The van der Waals surface area contributed by atoms with E-state index in [0.29, 0.717) is 36.6 Å². The van der Waals surface area contributed by atoms with E-state index in [1.165, 1.54) is 11.3 Å². The molecule has 0 unspecified atom stereocenters. The van der Waals surface area contributed by atoms with Crippen LogP contribution in [-0.2, 0) is 4.74 Å². The number of anilines is 1. The predicted octanol–water partition coefficient (Wildman–Crippen LogP) is 3.91. The average molecular weight is 445 g/mol. The first-order valence-corrected chi connectivity index (χ1v) is 9.14. The van der Waals surface area contributed by atoms with Crippen LogP contribution in [0.25, 0.3) is 16.5 Å². The summed E-state index contributed by atoms with van der Waals surface area (Å²) >= 11 is 10.3. The van der Waals surface area contributed by atoms with Crippen LogP contribution >= 0.6 is 38.9 Å². The zero-order valence-electron chi connectivity index (χ0n) is 13.5. The summed E-state index contributed by atoms with van der Waals surface area (Å²) in [5, 5.41) is 5.73. The maximum atomic E-state index is 12.6. The van der Waals surface area contributed by atoms with Crippen molar-refractivity contribution in [1.29, 1.82) is 0 Å². The number of ether oxygens (including phenoxy) is 1. The SMILES string of the molecule is CCOC.Nc1sc(Br)c2c(C=O)nn(-c3ccc(Cl)cc3)c(=O)c12. The molecule has 0 amide bonds. The standard InChI is InChI=1S/C13H7BrClN3O2S.C3H8O/c14-11-9-8(5-19)17-18(7-3-1-6(15)2-4-7)13(20)10(9)12(16)21-11;1-3-4-2/h1-5H,16H2;3H2,1-2H3. The molecule has 1 aromatic carbocycles. The molecular formula is C16H15BrClN3O3S. The summed E-state index contributed by atoms with van der Waals surface area (Å²) in [6.45, 7) is 2.78. The Morgan fingerprint density at radius 3 is 2.48 bits per heavy atom. The van der Waals surface area contributed by atoms with E-state index in [1.807, 2.05) is 6.92 Å². The van der Waals surface area contributed by atoms with E-state index in [-0.39, 0.29) is 11.3 Å². The van der Waals surface area contributed by atoms with Gasteiger partial charge < -0.3 is 10.5 Å². The van der Waals surface area contributed by atoms with E-state index in [9.17, 15) is 9.59 Å². The molecular weight excluding hydrogens is 430 g/mol. The largest absolute Gasteiger partial charge is 0.390 e. The molecule has 2 aromatic heterocycles. The monoisotopic (exact) mass is 443 g/mol. The number of methoxy groups -OCH3 is 1. The van der Waals surface area contributed by atoms with E-state index >= 15 is 0 Å². The van der Waals surface area contributed by atoms with Crippen LogP contribution in [-0.4, -0.2) is 29.8 Å². The maximum Gasteiger partial charge on any atom is 0.282 e. The molecule has 0 fully saturated rings.